The Kier molecular flexibility index (Phi) is 3.59. The summed E-state index contributed by atoms with van der Waals surface area (Å²) in [7, 11) is 0. The number of hydrogen-bond donors (Lipinski definition) is 2. The lowest BCUT2D eigenvalue weighted by Crippen LogP contribution is -2.23. The molecule has 0 radical (unpaired) electrons. The number of aromatic amines is 1. The summed E-state index contributed by atoms with van der Waals surface area (Å²) in [4.78, 5) is 0. The predicted octanol–water partition coefficient (Wildman–Crippen LogP) is 2.73. The van der Waals surface area contributed by atoms with Gasteiger partial charge in [0.2, 0.25) is 0 Å². The molecule has 1 aromatic carbocycles. The van der Waals surface area contributed by atoms with Crippen molar-refractivity contribution in [2.45, 2.75) is 26.8 Å². The number of nitrogens with one attached hydrogen (secondary N) is 2. The number of aryl methyl sites for hydroxylation is 2. The van der Waals surface area contributed by atoms with E-state index in [1.54, 1.807) is 6.20 Å². The van der Waals surface area contributed by atoms with E-state index in [1.165, 1.54) is 16.7 Å². The molecule has 3 nitrogen and oxygen atoms in total. The summed E-state index contributed by atoms with van der Waals surface area (Å²) < 4.78 is 0. The molecule has 90 valence electrons. The van der Waals surface area contributed by atoms with Gasteiger partial charge in [0.25, 0.3) is 0 Å². The minimum Gasteiger partial charge on any atom is -0.305 e. The molecule has 2 aromatic rings. The average Bonchev–Trinajstić information content (AvgIpc) is 2.80. The molecule has 1 atom stereocenters. The maximum absolute atomic E-state index is 4.03. The third-order valence-corrected chi connectivity index (χ3v) is 2.98. The first-order valence-electron chi connectivity index (χ1n) is 6.02. The zero-order valence-corrected chi connectivity index (χ0v) is 10.6. The van der Waals surface area contributed by atoms with E-state index in [4.69, 9.17) is 0 Å². The number of aromatic nitrogens is 2. The summed E-state index contributed by atoms with van der Waals surface area (Å²) in [6.07, 6.45) is 1.79. The number of hydrogen-bond acceptors (Lipinski definition) is 2. The molecule has 2 N–H and O–H groups in total. The van der Waals surface area contributed by atoms with Crippen LogP contribution in [0.25, 0.3) is 0 Å². The number of rotatable bonds is 4. The van der Waals surface area contributed by atoms with Gasteiger partial charge in [-0.3, -0.25) is 5.10 Å². The molecule has 1 aromatic heterocycles. The molecular weight excluding hydrogens is 210 g/mol. The van der Waals surface area contributed by atoms with E-state index in [0.717, 1.165) is 12.2 Å². The van der Waals surface area contributed by atoms with E-state index in [2.05, 4.69) is 54.5 Å². The Morgan fingerprint density at radius 3 is 2.71 bits per heavy atom. The standard InChI is InChI=1S/C14H19N3/c1-4-15-14(13-7-8-16-17-13)12-6-5-10(2)9-11(12)3/h5-9,14-15H,4H2,1-3H3,(H,16,17). The van der Waals surface area contributed by atoms with Gasteiger partial charge in [0.05, 0.1) is 11.7 Å². The summed E-state index contributed by atoms with van der Waals surface area (Å²) in [5.74, 6) is 0. The van der Waals surface area contributed by atoms with E-state index in [9.17, 15) is 0 Å². The minimum atomic E-state index is 0.197. The van der Waals surface area contributed by atoms with E-state index in [1.807, 2.05) is 6.07 Å². The molecule has 0 aliphatic carbocycles. The summed E-state index contributed by atoms with van der Waals surface area (Å²) in [5, 5.41) is 10.6. The van der Waals surface area contributed by atoms with Crippen LogP contribution in [0.3, 0.4) is 0 Å². The van der Waals surface area contributed by atoms with Gasteiger partial charge >= 0.3 is 0 Å². The third-order valence-electron chi connectivity index (χ3n) is 2.98. The minimum absolute atomic E-state index is 0.197. The maximum atomic E-state index is 4.03. The van der Waals surface area contributed by atoms with Crippen molar-refractivity contribution in [2.75, 3.05) is 6.54 Å². The van der Waals surface area contributed by atoms with Crippen LogP contribution in [0.2, 0.25) is 0 Å². The van der Waals surface area contributed by atoms with Crippen molar-refractivity contribution in [1.82, 2.24) is 15.5 Å². The van der Waals surface area contributed by atoms with Gasteiger partial charge in [-0.05, 0) is 37.6 Å². The van der Waals surface area contributed by atoms with Crippen LogP contribution < -0.4 is 5.32 Å². The van der Waals surface area contributed by atoms with Gasteiger partial charge < -0.3 is 5.32 Å². The van der Waals surface area contributed by atoms with Gasteiger partial charge in [0, 0.05) is 6.20 Å². The van der Waals surface area contributed by atoms with Crippen molar-refractivity contribution < 1.29 is 0 Å². The molecule has 1 unspecified atom stereocenters. The highest BCUT2D eigenvalue weighted by molar-refractivity contribution is 5.36. The highest BCUT2D eigenvalue weighted by atomic mass is 15.1. The van der Waals surface area contributed by atoms with Crippen molar-refractivity contribution in [2.24, 2.45) is 0 Å². The predicted molar refractivity (Wildman–Crippen MR) is 70.0 cm³/mol. The second kappa shape index (κ2) is 5.15. The summed E-state index contributed by atoms with van der Waals surface area (Å²) in [6, 6.07) is 8.79. The van der Waals surface area contributed by atoms with E-state index >= 15 is 0 Å². The molecule has 1 heterocycles. The number of nitrogens with zero attached hydrogens (tertiary/aromatic N) is 1. The van der Waals surface area contributed by atoms with Gasteiger partial charge in [-0.1, -0.05) is 30.7 Å². The molecule has 0 aliphatic heterocycles. The van der Waals surface area contributed by atoms with Crippen molar-refractivity contribution in [1.29, 1.82) is 0 Å². The van der Waals surface area contributed by atoms with Crippen molar-refractivity contribution in [3.05, 3.63) is 52.8 Å². The lowest BCUT2D eigenvalue weighted by atomic mass is 9.97. The van der Waals surface area contributed by atoms with Crippen molar-refractivity contribution in [3.63, 3.8) is 0 Å². The van der Waals surface area contributed by atoms with Crippen LogP contribution in [0.5, 0.6) is 0 Å². The van der Waals surface area contributed by atoms with Crippen molar-refractivity contribution >= 4 is 0 Å². The third kappa shape index (κ3) is 2.56. The zero-order chi connectivity index (χ0) is 12.3. The Balaban J connectivity index is 2.39. The first-order chi connectivity index (χ1) is 8.22. The highest BCUT2D eigenvalue weighted by Gasteiger charge is 2.15. The summed E-state index contributed by atoms with van der Waals surface area (Å²) >= 11 is 0. The Bertz CT molecular complexity index is 474. The molecule has 2 rings (SSSR count). The van der Waals surface area contributed by atoms with Gasteiger partial charge in [0.15, 0.2) is 0 Å². The second-order valence-corrected chi connectivity index (χ2v) is 4.36. The molecule has 3 heteroatoms. The molecule has 17 heavy (non-hydrogen) atoms. The van der Waals surface area contributed by atoms with Gasteiger partial charge in [-0.15, -0.1) is 0 Å². The van der Waals surface area contributed by atoms with Crippen LogP contribution in [0, 0.1) is 13.8 Å². The second-order valence-electron chi connectivity index (χ2n) is 4.36. The number of benzene rings is 1. The fraction of sp³-hybridized carbons (Fsp3) is 0.357. The van der Waals surface area contributed by atoms with Crippen molar-refractivity contribution in [3.8, 4) is 0 Å². The molecule has 0 fully saturated rings. The molecule has 0 spiro atoms. The Labute approximate surface area is 102 Å². The highest BCUT2D eigenvalue weighted by Crippen LogP contribution is 2.23. The molecule has 0 saturated carbocycles. The quantitative estimate of drug-likeness (QED) is 0.846. The smallest absolute Gasteiger partial charge is 0.0748 e. The Hall–Kier alpha value is -1.61. The van der Waals surface area contributed by atoms with E-state index in [0.29, 0.717) is 0 Å². The largest absolute Gasteiger partial charge is 0.305 e. The fourth-order valence-electron chi connectivity index (χ4n) is 2.17. The summed E-state index contributed by atoms with van der Waals surface area (Å²) in [5.41, 5.74) is 5.03. The van der Waals surface area contributed by atoms with Crippen LogP contribution >= 0.6 is 0 Å². The molecule has 0 saturated heterocycles. The SMILES string of the molecule is CCNC(c1ccn[nH]1)c1ccc(C)cc1C. The first-order valence-corrected chi connectivity index (χ1v) is 6.02. The van der Waals surface area contributed by atoms with Crippen LogP contribution in [0.15, 0.2) is 30.5 Å². The Morgan fingerprint density at radius 1 is 1.29 bits per heavy atom. The number of H-pyrrole nitrogens is 1. The van der Waals surface area contributed by atoms with Gasteiger partial charge in [0.1, 0.15) is 0 Å². The summed E-state index contributed by atoms with van der Waals surface area (Å²) in [6.45, 7) is 7.32. The lowest BCUT2D eigenvalue weighted by molar-refractivity contribution is 0.611. The monoisotopic (exact) mass is 229 g/mol. The average molecular weight is 229 g/mol. The van der Waals surface area contributed by atoms with Crippen LogP contribution in [-0.2, 0) is 0 Å². The fourth-order valence-corrected chi connectivity index (χ4v) is 2.17. The maximum Gasteiger partial charge on any atom is 0.0748 e. The van der Waals surface area contributed by atoms with Crippen LogP contribution in [0.4, 0.5) is 0 Å². The first kappa shape index (κ1) is 11.9. The van der Waals surface area contributed by atoms with E-state index < -0.39 is 0 Å². The van der Waals surface area contributed by atoms with E-state index in [-0.39, 0.29) is 6.04 Å². The van der Waals surface area contributed by atoms with Crippen LogP contribution in [-0.4, -0.2) is 16.7 Å². The molecule has 0 aliphatic rings. The van der Waals surface area contributed by atoms with Crippen LogP contribution in [0.1, 0.15) is 35.3 Å². The van der Waals surface area contributed by atoms with Gasteiger partial charge in [-0.2, -0.15) is 5.10 Å². The Morgan fingerprint density at radius 2 is 2.12 bits per heavy atom. The molecule has 0 bridgehead atoms. The van der Waals surface area contributed by atoms with Gasteiger partial charge in [-0.25, -0.2) is 0 Å². The zero-order valence-electron chi connectivity index (χ0n) is 10.6. The molecular formula is C14H19N3. The normalized spacial score (nSPS) is 12.6. The lowest BCUT2D eigenvalue weighted by Gasteiger charge is -2.19. The topological polar surface area (TPSA) is 40.7 Å². The molecule has 0 amide bonds.